The SMILES string of the molecule is Cn1c(CC(=O)Nc2cnc3c(c2)CC(N)CC3)nnc1-c1ccccc1.O=C(O)C(F)(F)F. The lowest BCUT2D eigenvalue weighted by molar-refractivity contribution is -0.192. The van der Waals surface area contributed by atoms with Crippen LogP contribution in [0.1, 0.15) is 23.5 Å². The number of aliphatic carboxylic acids is 1. The van der Waals surface area contributed by atoms with Gasteiger partial charge in [0.15, 0.2) is 5.82 Å². The van der Waals surface area contributed by atoms with Gasteiger partial charge in [0.2, 0.25) is 5.91 Å². The van der Waals surface area contributed by atoms with Crippen LogP contribution in [0.25, 0.3) is 11.4 Å². The Balaban J connectivity index is 0.000000406. The lowest BCUT2D eigenvalue weighted by Gasteiger charge is -2.21. The highest BCUT2D eigenvalue weighted by atomic mass is 19.4. The Morgan fingerprint density at radius 2 is 1.91 bits per heavy atom. The molecule has 1 aromatic carbocycles. The molecule has 0 saturated carbocycles. The third-order valence-electron chi connectivity index (χ3n) is 5.14. The van der Waals surface area contributed by atoms with Crippen LogP contribution in [0.5, 0.6) is 0 Å². The number of carbonyl (C=O) groups excluding carboxylic acids is 1. The molecule has 34 heavy (non-hydrogen) atoms. The summed E-state index contributed by atoms with van der Waals surface area (Å²) < 4.78 is 33.6. The second-order valence-electron chi connectivity index (χ2n) is 7.73. The van der Waals surface area contributed by atoms with Crippen LogP contribution in [0.15, 0.2) is 42.6 Å². The summed E-state index contributed by atoms with van der Waals surface area (Å²) in [5.41, 5.74) is 9.90. The standard InChI is InChI=1S/C20H22N6O.C2HF3O2/c1-26-18(24-25-20(26)13-5-3-2-4-6-13)11-19(27)23-16-10-14-9-15(21)7-8-17(14)22-12-16;3-2(4,5)1(6)7/h2-6,10,12,15H,7-9,11,21H2,1H3,(H,23,27);(H,6,7). The van der Waals surface area contributed by atoms with Gasteiger partial charge in [-0.05, 0) is 30.9 Å². The topological polar surface area (TPSA) is 136 Å². The fourth-order valence-electron chi connectivity index (χ4n) is 3.42. The van der Waals surface area contributed by atoms with Crippen LogP contribution in [0, 0.1) is 0 Å². The molecule has 0 bridgehead atoms. The molecule has 180 valence electrons. The van der Waals surface area contributed by atoms with Crippen molar-refractivity contribution in [1.29, 1.82) is 0 Å². The first-order valence-electron chi connectivity index (χ1n) is 10.3. The van der Waals surface area contributed by atoms with Gasteiger partial charge in [0.05, 0.1) is 18.3 Å². The smallest absolute Gasteiger partial charge is 0.475 e. The number of rotatable bonds is 4. The van der Waals surface area contributed by atoms with Crippen LogP contribution in [0.2, 0.25) is 0 Å². The Kier molecular flexibility index (Phi) is 7.61. The van der Waals surface area contributed by atoms with Crippen LogP contribution in [0.4, 0.5) is 18.9 Å². The number of halogens is 3. The maximum atomic E-state index is 12.5. The number of alkyl halides is 3. The minimum absolute atomic E-state index is 0.146. The van der Waals surface area contributed by atoms with Gasteiger partial charge in [-0.2, -0.15) is 13.2 Å². The molecule has 1 atom stereocenters. The minimum atomic E-state index is -5.08. The first-order chi connectivity index (χ1) is 16.0. The first-order valence-corrected chi connectivity index (χ1v) is 10.3. The van der Waals surface area contributed by atoms with Gasteiger partial charge in [0.25, 0.3) is 0 Å². The van der Waals surface area contributed by atoms with Gasteiger partial charge in [-0.3, -0.25) is 9.78 Å². The quantitative estimate of drug-likeness (QED) is 0.526. The van der Waals surface area contributed by atoms with Crippen LogP contribution in [-0.4, -0.2) is 48.9 Å². The van der Waals surface area contributed by atoms with Crippen molar-refractivity contribution in [2.45, 2.75) is 37.9 Å². The van der Waals surface area contributed by atoms with E-state index in [9.17, 15) is 18.0 Å². The predicted molar refractivity (Wildman–Crippen MR) is 117 cm³/mol. The number of pyridine rings is 1. The molecule has 1 aliphatic carbocycles. The van der Waals surface area contributed by atoms with Crippen molar-refractivity contribution in [2.24, 2.45) is 12.8 Å². The number of hydrogen-bond donors (Lipinski definition) is 3. The van der Waals surface area contributed by atoms with Gasteiger partial charge in [-0.15, -0.1) is 10.2 Å². The number of nitrogens with zero attached hydrogens (tertiary/aromatic N) is 4. The maximum absolute atomic E-state index is 12.5. The Labute approximate surface area is 192 Å². The molecule has 9 nitrogen and oxygen atoms in total. The van der Waals surface area contributed by atoms with E-state index in [2.05, 4.69) is 20.5 Å². The third-order valence-corrected chi connectivity index (χ3v) is 5.14. The first kappa shape index (κ1) is 24.8. The molecule has 1 aliphatic rings. The number of aryl methyl sites for hydroxylation is 1. The highest BCUT2D eigenvalue weighted by Crippen LogP contribution is 2.22. The molecule has 1 amide bonds. The third kappa shape index (κ3) is 6.38. The minimum Gasteiger partial charge on any atom is -0.475 e. The Morgan fingerprint density at radius 3 is 2.56 bits per heavy atom. The van der Waals surface area contributed by atoms with Gasteiger partial charge in [0.1, 0.15) is 5.82 Å². The van der Waals surface area contributed by atoms with Crippen LogP contribution in [-0.2, 0) is 35.9 Å². The van der Waals surface area contributed by atoms with E-state index in [1.54, 1.807) is 6.20 Å². The van der Waals surface area contributed by atoms with Crippen molar-refractivity contribution in [3.63, 3.8) is 0 Å². The number of nitrogens with two attached hydrogens (primary N) is 1. The summed E-state index contributed by atoms with van der Waals surface area (Å²) in [5, 5.41) is 18.4. The maximum Gasteiger partial charge on any atom is 0.490 e. The molecule has 0 spiro atoms. The van der Waals surface area contributed by atoms with Crippen LogP contribution < -0.4 is 11.1 Å². The second-order valence-corrected chi connectivity index (χ2v) is 7.73. The van der Waals surface area contributed by atoms with E-state index in [1.165, 1.54) is 0 Å². The molecule has 2 heterocycles. The van der Waals surface area contributed by atoms with E-state index in [0.29, 0.717) is 11.5 Å². The summed E-state index contributed by atoms with van der Waals surface area (Å²) >= 11 is 0. The second kappa shape index (κ2) is 10.4. The zero-order chi connectivity index (χ0) is 24.9. The van der Waals surface area contributed by atoms with Crippen molar-refractivity contribution < 1.29 is 27.9 Å². The number of fused-ring (bicyclic) bond motifs is 1. The highest BCUT2D eigenvalue weighted by molar-refractivity contribution is 5.91. The van der Waals surface area contributed by atoms with Gasteiger partial charge in [-0.1, -0.05) is 30.3 Å². The molecule has 12 heteroatoms. The largest absolute Gasteiger partial charge is 0.490 e. The summed E-state index contributed by atoms with van der Waals surface area (Å²) in [5.74, 6) is -1.55. The van der Waals surface area contributed by atoms with E-state index in [0.717, 1.165) is 41.9 Å². The van der Waals surface area contributed by atoms with Crippen molar-refractivity contribution >= 4 is 17.6 Å². The fraction of sp³-hybridized carbons (Fsp3) is 0.318. The van der Waals surface area contributed by atoms with E-state index in [1.807, 2.05) is 48.0 Å². The Hall–Kier alpha value is -3.80. The lowest BCUT2D eigenvalue weighted by atomic mass is 9.92. The average Bonchev–Trinajstić information content (AvgIpc) is 3.13. The number of aromatic nitrogens is 4. The van der Waals surface area contributed by atoms with Crippen LogP contribution >= 0.6 is 0 Å². The van der Waals surface area contributed by atoms with Gasteiger partial charge < -0.3 is 20.7 Å². The molecule has 3 aromatic rings. The number of hydrogen-bond acceptors (Lipinski definition) is 6. The number of carboxylic acids is 1. The van der Waals surface area contributed by atoms with E-state index >= 15 is 0 Å². The number of nitrogens with one attached hydrogen (secondary N) is 1. The van der Waals surface area contributed by atoms with Crippen molar-refractivity contribution in [3.05, 3.63) is 59.7 Å². The van der Waals surface area contributed by atoms with Gasteiger partial charge in [0, 0.05) is 24.3 Å². The Bertz CT molecular complexity index is 1160. The summed E-state index contributed by atoms with van der Waals surface area (Å²) in [6.45, 7) is 0. The van der Waals surface area contributed by atoms with Crippen LogP contribution in [0.3, 0.4) is 0 Å². The summed E-state index contributed by atoms with van der Waals surface area (Å²) in [7, 11) is 1.87. The van der Waals surface area contributed by atoms with Gasteiger partial charge >= 0.3 is 12.1 Å². The summed E-state index contributed by atoms with van der Waals surface area (Å²) in [4.78, 5) is 25.8. The van der Waals surface area contributed by atoms with E-state index in [4.69, 9.17) is 15.6 Å². The number of amides is 1. The molecular formula is C22H23F3N6O3. The zero-order valence-electron chi connectivity index (χ0n) is 18.2. The molecule has 4 rings (SSSR count). The number of carboxylic acid groups (broad SMARTS) is 1. The summed E-state index contributed by atoms with van der Waals surface area (Å²) in [6, 6.07) is 11.9. The number of benzene rings is 1. The predicted octanol–water partition coefficient (Wildman–Crippen LogP) is 2.51. The van der Waals surface area contributed by atoms with Gasteiger partial charge in [-0.25, -0.2) is 4.79 Å². The molecule has 4 N–H and O–H groups in total. The monoisotopic (exact) mass is 476 g/mol. The highest BCUT2D eigenvalue weighted by Gasteiger charge is 2.38. The Morgan fingerprint density at radius 1 is 1.24 bits per heavy atom. The lowest BCUT2D eigenvalue weighted by Crippen LogP contribution is -2.28. The van der Waals surface area contributed by atoms with E-state index < -0.39 is 12.1 Å². The normalized spacial score (nSPS) is 15.0. The van der Waals surface area contributed by atoms with Crippen molar-refractivity contribution in [3.8, 4) is 11.4 Å². The molecule has 0 aliphatic heterocycles. The average molecular weight is 476 g/mol. The zero-order valence-corrected chi connectivity index (χ0v) is 18.2. The molecule has 0 saturated heterocycles. The summed E-state index contributed by atoms with van der Waals surface area (Å²) in [6.07, 6.45) is -0.574. The van der Waals surface area contributed by atoms with E-state index in [-0.39, 0.29) is 18.4 Å². The molecular weight excluding hydrogens is 453 g/mol. The number of carbonyl (C=O) groups is 2. The molecule has 0 radical (unpaired) electrons. The van der Waals surface area contributed by atoms with Crippen molar-refractivity contribution in [2.75, 3.05) is 5.32 Å². The van der Waals surface area contributed by atoms with Crippen molar-refractivity contribution in [1.82, 2.24) is 19.7 Å². The number of anilines is 1. The molecule has 0 fully saturated rings. The molecule has 2 aromatic heterocycles. The fourth-order valence-corrected chi connectivity index (χ4v) is 3.42. The molecule has 1 unspecified atom stereocenters.